The fourth-order valence-corrected chi connectivity index (χ4v) is 2.86. The van der Waals surface area contributed by atoms with E-state index in [-0.39, 0.29) is 0 Å². The van der Waals surface area contributed by atoms with Crippen molar-refractivity contribution in [1.29, 1.82) is 0 Å². The quantitative estimate of drug-likeness (QED) is 0.753. The Bertz CT molecular complexity index is 824. The Morgan fingerprint density at radius 1 is 1.09 bits per heavy atom. The molecule has 0 unspecified atom stereocenters. The molecule has 118 valence electrons. The minimum absolute atomic E-state index is 0.680. The fraction of sp³-hybridized carbons (Fsp3) is 0.235. The molecule has 3 rings (SSSR count). The standard InChI is InChI=1S/C17H18BrN5/c1-11-6-15(18)10-21-17(11)20-9-14-4-5-16(19-8-14)23-13(3)7-12(2)22-23/h4-8,10H,9H2,1-3H3,(H,20,21). The van der Waals surface area contributed by atoms with Crippen molar-refractivity contribution in [2.24, 2.45) is 0 Å². The van der Waals surface area contributed by atoms with Gasteiger partial charge in [0.1, 0.15) is 5.82 Å². The van der Waals surface area contributed by atoms with Crippen LogP contribution in [-0.2, 0) is 6.54 Å². The lowest BCUT2D eigenvalue weighted by atomic mass is 10.2. The Morgan fingerprint density at radius 3 is 2.52 bits per heavy atom. The summed E-state index contributed by atoms with van der Waals surface area (Å²) in [6.45, 7) is 6.72. The molecule has 23 heavy (non-hydrogen) atoms. The molecular weight excluding hydrogens is 354 g/mol. The first-order chi connectivity index (χ1) is 11.0. The Labute approximate surface area is 143 Å². The van der Waals surface area contributed by atoms with Crippen molar-refractivity contribution >= 4 is 21.7 Å². The number of rotatable bonds is 4. The molecule has 3 aromatic rings. The minimum atomic E-state index is 0.680. The van der Waals surface area contributed by atoms with Gasteiger partial charge in [-0.05, 0) is 66.0 Å². The molecule has 0 saturated carbocycles. The zero-order chi connectivity index (χ0) is 16.4. The average molecular weight is 372 g/mol. The molecule has 0 spiro atoms. The van der Waals surface area contributed by atoms with E-state index < -0.39 is 0 Å². The second-order valence-electron chi connectivity index (χ2n) is 5.54. The normalized spacial score (nSPS) is 10.8. The molecule has 0 aliphatic rings. The number of nitrogens with zero attached hydrogens (tertiary/aromatic N) is 4. The summed E-state index contributed by atoms with van der Waals surface area (Å²) in [4.78, 5) is 8.88. The van der Waals surface area contributed by atoms with E-state index in [0.717, 1.165) is 38.6 Å². The predicted molar refractivity (Wildman–Crippen MR) is 94.8 cm³/mol. The Kier molecular flexibility index (Phi) is 4.43. The topological polar surface area (TPSA) is 55.6 Å². The molecule has 3 aromatic heterocycles. The number of halogens is 1. The molecule has 0 radical (unpaired) electrons. The van der Waals surface area contributed by atoms with Crippen molar-refractivity contribution < 1.29 is 0 Å². The maximum atomic E-state index is 4.50. The van der Waals surface area contributed by atoms with Gasteiger partial charge in [-0.15, -0.1) is 0 Å². The van der Waals surface area contributed by atoms with Gasteiger partial charge in [-0.3, -0.25) is 0 Å². The second kappa shape index (κ2) is 6.50. The van der Waals surface area contributed by atoms with Gasteiger partial charge < -0.3 is 5.32 Å². The number of hydrogen-bond acceptors (Lipinski definition) is 4. The lowest BCUT2D eigenvalue weighted by molar-refractivity contribution is 0.804. The largest absolute Gasteiger partial charge is 0.366 e. The van der Waals surface area contributed by atoms with E-state index >= 15 is 0 Å². The maximum absolute atomic E-state index is 4.50. The number of aryl methyl sites for hydroxylation is 3. The van der Waals surface area contributed by atoms with Gasteiger partial charge in [0.05, 0.1) is 5.69 Å². The number of hydrogen-bond donors (Lipinski definition) is 1. The number of anilines is 1. The van der Waals surface area contributed by atoms with Crippen LogP contribution in [0.1, 0.15) is 22.5 Å². The summed E-state index contributed by atoms with van der Waals surface area (Å²) in [5.74, 6) is 1.72. The van der Waals surface area contributed by atoms with E-state index in [1.165, 1.54) is 0 Å². The second-order valence-corrected chi connectivity index (χ2v) is 6.45. The predicted octanol–water partition coefficient (Wildman–Crippen LogP) is 3.96. The highest BCUT2D eigenvalue weighted by molar-refractivity contribution is 9.10. The van der Waals surface area contributed by atoms with Crippen molar-refractivity contribution in [1.82, 2.24) is 19.7 Å². The minimum Gasteiger partial charge on any atom is -0.366 e. The Morgan fingerprint density at radius 2 is 1.91 bits per heavy atom. The first-order valence-electron chi connectivity index (χ1n) is 7.37. The van der Waals surface area contributed by atoms with Gasteiger partial charge in [0.25, 0.3) is 0 Å². The molecule has 6 heteroatoms. The number of aromatic nitrogens is 4. The number of pyridine rings is 2. The summed E-state index contributed by atoms with van der Waals surface area (Å²) in [5.41, 5.74) is 4.27. The third-order valence-electron chi connectivity index (χ3n) is 3.54. The van der Waals surface area contributed by atoms with Crippen LogP contribution >= 0.6 is 15.9 Å². The highest BCUT2D eigenvalue weighted by Crippen LogP contribution is 2.17. The molecule has 5 nitrogen and oxygen atoms in total. The molecule has 1 N–H and O–H groups in total. The van der Waals surface area contributed by atoms with Crippen LogP contribution in [0, 0.1) is 20.8 Å². The Hall–Kier alpha value is -2.21. The van der Waals surface area contributed by atoms with Crippen LogP contribution in [0.3, 0.4) is 0 Å². The van der Waals surface area contributed by atoms with Crippen molar-refractivity contribution in [2.45, 2.75) is 27.3 Å². The van der Waals surface area contributed by atoms with Crippen LogP contribution in [0.2, 0.25) is 0 Å². The van der Waals surface area contributed by atoms with Crippen LogP contribution in [0.25, 0.3) is 5.82 Å². The smallest absolute Gasteiger partial charge is 0.153 e. The lowest BCUT2D eigenvalue weighted by Gasteiger charge is -2.09. The molecule has 0 aromatic carbocycles. The van der Waals surface area contributed by atoms with Crippen LogP contribution in [-0.4, -0.2) is 19.7 Å². The summed E-state index contributed by atoms with van der Waals surface area (Å²) >= 11 is 3.42. The first kappa shape index (κ1) is 15.7. The SMILES string of the molecule is Cc1cc(C)n(-c2ccc(CNc3ncc(Br)cc3C)cn2)n1. The lowest BCUT2D eigenvalue weighted by Crippen LogP contribution is -2.05. The van der Waals surface area contributed by atoms with Crippen molar-refractivity contribution in [3.05, 3.63) is 63.6 Å². The fourth-order valence-electron chi connectivity index (χ4n) is 2.42. The molecule has 0 bridgehead atoms. The third-order valence-corrected chi connectivity index (χ3v) is 3.97. The molecule has 0 fully saturated rings. The van der Waals surface area contributed by atoms with E-state index in [1.807, 2.05) is 49.8 Å². The van der Waals surface area contributed by atoms with Crippen LogP contribution in [0.4, 0.5) is 5.82 Å². The van der Waals surface area contributed by atoms with E-state index in [4.69, 9.17) is 0 Å². The van der Waals surface area contributed by atoms with Crippen LogP contribution < -0.4 is 5.32 Å². The zero-order valence-electron chi connectivity index (χ0n) is 13.3. The Balaban J connectivity index is 1.71. The van der Waals surface area contributed by atoms with E-state index in [9.17, 15) is 0 Å². The average Bonchev–Trinajstić information content (AvgIpc) is 2.86. The molecule has 0 amide bonds. The molecule has 0 aliphatic heterocycles. The van der Waals surface area contributed by atoms with E-state index in [1.54, 1.807) is 6.20 Å². The van der Waals surface area contributed by atoms with Crippen molar-refractivity contribution in [3.63, 3.8) is 0 Å². The van der Waals surface area contributed by atoms with Crippen molar-refractivity contribution in [2.75, 3.05) is 5.32 Å². The van der Waals surface area contributed by atoms with Gasteiger partial charge in [-0.2, -0.15) is 5.10 Å². The van der Waals surface area contributed by atoms with E-state index in [0.29, 0.717) is 6.54 Å². The van der Waals surface area contributed by atoms with Crippen molar-refractivity contribution in [3.8, 4) is 5.82 Å². The van der Waals surface area contributed by atoms with E-state index in [2.05, 4.69) is 42.4 Å². The highest BCUT2D eigenvalue weighted by Gasteiger charge is 2.05. The first-order valence-corrected chi connectivity index (χ1v) is 8.17. The highest BCUT2D eigenvalue weighted by atomic mass is 79.9. The molecule has 0 aliphatic carbocycles. The van der Waals surface area contributed by atoms with Gasteiger partial charge in [0.15, 0.2) is 5.82 Å². The molecular formula is C17H18BrN5. The summed E-state index contributed by atoms with van der Waals surface area (Å²) in [6.07, 6.45) is 3.66. The maximum Gasteiger partial charge on any atom is 0.153 e. The van der Waals surface area contributed by atoms with Crippen LogP contribution in [0.5, 0.6) is 0 Å². The monoisotopic (exact) mass is 371 g/mol. The number of nitrogens with one attached hydrogen (secondary N) is 1. The van der Waals surface area contributed by atoms with Gasteiger partial charge in [-0.1, -0.05) is 6.07 Å². The summed E-state index contributed by atoms with van der Waals surface area (Å²) < 4.78 is 2.84. The third kappa shape index (κ3) is 3.59. The molecule has 0 saturated heterocycles. The van der Waals surface area contributed by atoms with Crippen LogP contribution in [0.15, 0.2) is 41.1 Å². The summed E-state index contributed by atoms with van der Waals surface area (Å²) in [7, 11) is 0. The van der Waals surface area contributed by atoms with Gasteiger partial charge >= 0.3 is 0 Å². The molecule has 3 heterocycles. The van der Waals surface area contributed by atoms with Gasteiger partial charge in [0.2, 0.25) is 0 Å². The zero-order valence-corrected chi connectivity index (χ0v) is 14.9. The molecule has 0 atom stereocenters. The summed E-state index contributed by atoms with van der Waals surface area (Å²) in [6, 6.07) is 8.12. The summed E-state index contributed by atoms with van der Waals surface area (Å²) in [5, 5.41) is 7.78. The van der Waals surface area contributed by atoms with Gasteiger partial charge in [0, 0.05) is 29.1 Å². The van der Waals surface area contributed by atoms with Gasteiger partial charge in [-0.25, -0.2) is 14.6 Å².